The largest absolute Gasteiger partial charge is 0.488 e. The van der Waals surface area contributed by atoms with E-state index >= 15 is 0 Å². The average molecular weight is 221 g/mol. The molecule has 0 unspecified atom stereocenters. The van der Waals surface area contributed by atoms with Crippen molar-refractivity contribution in [1.82, 2.24) is 4.98 Å². The summed E-state index contributed by atoms with van der Waals surface area (Å²) >= 11 is 0. The number of carbonyl (C=O) groups is 1. The molecule has 1 aromatic heterocycles. The molecule has 16 heavy (non-hydrogen) atoms. The molecule has 0 radical (unpaired) electrons. The van der Waals surface area contributed by atoms with Gasteiger partial charge in [0, 0.05) is 11.6 Å². The van der Waals surface area contributed by atoms with Crippen molar-refractivity contribution >= 4 is 18.6 Å². The Balaban J connectivity index is 2.40. The van der Waals surface area contributed by atoms with Gasteiger partial charge in [-0.2, -0.15) is 0 Å². The SMILES string of the molecule is COC(=O)c1cc(B(O)O)cc(C2CC2)n1. The number of nitrogens with zero attached hydrogens (tertiary/aromatic N) is 1. The van der Waals surface area contributed by atoms with Crippen LogP contribution in [0.25, 0.3) is 0 Å². The molecule has 1 saturated carbocycles. The molecule has 1 aliphatic carbocycles. The van der Waals surface area contributed by atoms with Crippen molar-refractivity contribution in [2.45, 2.75) is 18.8 Å². The molecule has 0 spiro atoms. The fourth-order valence-corrected chi connectivity index (χ4v) is 1.52. The highest BCUT2D eigenvalue weighted by molar-refractivity contribution is 6.58. The molecule has 0 bridgehead atoms. The van der Waals surface area contributed by atoms with Gasteiger partial charge < -0.3 is 14.8 Å². The molecule has 1 aromatic rings. The highest BCUT2D eigenvalue weighted by Gasteiger charge is 2.28. The summed E-state index contributed by atoms with van der Waals surface area (Å²) in [5.74, 6) is -0.230. The molecule has 0 amide bonds. The lowest BCUT2D eigenvalue weighted by Gasteiger charge is -2.06. The van der Waals surface area contributed by atoms with Gasteiger partial charge in [0.1, 0.15) is 5.69 Å². The number of rotatable bonds is 3. The Labute approximate surface area is 93.2 Å². The molecule has 1 aliphatic rings. The summed E-state index contributed by atoms with van der Waals surface area (Å²) in [5.41, 5.74) is 1.12. The van der Waals surface area contributed by atoms with Crippen LogP contribution in [0.2, 0.25) is 0 Å². The zero-order valence-electron chi connectivity index (χ0n) is 8.88. The van der Waals surface area contributed by atoms with Gasteiger partial charge in [0.05, 0.1) is 7.11 Å². The van der Waals surface area contributed by atoms with Gasteiger partial charge in [-0.25, -0.2) is 9.78 Å². The number of aromatic nitrogens is 1. The predicted molar refractivity (Wildman–Crippen MR) is 57.4 cm³/mol. The van der Waals surface area contributed by atoms with E-state index < -0.39 is 13.1 Å². The van der Waals surface area contributed by atoms with Crippen molar-refractivity contribution in [1.29, 1.82) is 0 Å². The third-order valence-corrected chi connectivity index (χ3v) is 2.56. The monoisotopic (exact) mass is 221 g/mol. The van der Waals surface area contributed by atoms with E-state index in [2.05, 4.69) is 9.72 Å². The van der Waals surface area contributed by atoms with E-state index in [1.54, 1.807) is 6.07 Å². The quantitative estimate of drug-likeness (QED) is 0.527. The van der Waals surface area contributed by atoms with Gasteiger partial charge in [0.25, 0.3) is 0 Å². The first-order valence-corrected chi connectivity index (χ1v) is 5.08. The Morgan fingerprint density at radius 3 is 2.69 bits per heavy atom. The fourth-order valence-electron chi connectivity index (χ4n) is 1.52. The van der Waals surface area contributed by atoms with E-state index in [1.807, 2.05) is 0 Å². The lowest BCUT2D eigenvalue weighted by atomic mass is 9.80. The first-order valence-electron chi connectivity index (χ1n) is 5.08. The van der Waals surface area contributed by atoms with Crippen molar-refractivity contribution in [3.8, 4) is 0 Å². The first kappa shape index (κ1) is 11.1. The second-order valence-corrected chi connectivity index (χ2v) is 3.85. The summed E-state index contributed by atoms with van der Waals surface area (Å²) in [4.78, 5) is 15.5. The van der Waals surface area contributed by atoms with Crippen LogP contribution in [0.15, 0.2) is 12.1 Å². The standard InChI is InChI=1S/C10H12BNO4/c1-16-10(13)9-5-7(11(14)15)4-8(12-9)6-2-3-6/h4-6,14-15H,2-3H2,1H3. The molecule has 0 saturated heterocycles. The van der Waals surface area contributed by atoms with Crippen LogP contribution in [-0.4, -0.2) is 35.2 Å². The maximum Gasteiger partial charge on any atom is 0.488 e. The smallest absolute Gasteiger partial charge is 0.464 e. The Kier molecular flexibility index (Phi) is 2.94. The van der Waals surface area contributed by atoms with Crippen LogP contribution in [0.5, 0.6) is 0 Å². The maximum atomic E-state index is 11.3. The molecule has 2 rings (SSSR count). The minimum atomic E-state index is -1.59. The summed E-state index contributed by atoms with van der Waals surface area (Å²) in [5, 5.41) is 18.2. The van der Waals surface area contributed by atoms with Gasteiger partial charge in [0.2, 0.25) is 0 Å². The zero-order chi connectivity index (χ0) is 11.7. The fraction of sp³-hybridized carbons (Fsp3) is 0.400. The molecule has 0 aliphatic heterocycles. The van der Waals surface area contributed by atoms with Crippen LogP contribution in [0.4, 0.5) is 0 Å². The zero-order valence-corrected chi connectivity index (χ0v) is 8.88. The molecule has 0 atom stereocenters. The molecule has 2 N–H and O–H groups in total. The van der Waals surface area contributed by atoms with E-state index in [1.165, 1.54) is 13.2 Å². The Morgan fingerprint density at radius 2 is 2.19 bits per heavy atom. The maximum absolute atomic E-state index is 11.3. The van der Waals surface area contributed by atoms with Crippen molar-refractivity contribution in [2.24, 2.45) is 0 Å². The van der Waals surface area contributed by atoms with Gasteiger partial charge in [-0.1, -0.05) is 0 Å². The van der Waals surface area contributed by atoms with Gasteiger partial charge in [-0.05, 0) is 30.4 Å². The van der Waals surface area contributed by atoms with Gasteiger partial charge in [-0.15, -0.1) is 0 Å². The van der Waals surface area contributed by atoms with Crippen LogP contribution in [0.1, 0.15) is 34.9 Å². The molecule has 84 valence electrons. The van der Waals surface area contributed by atoms with Crippen LogP contribution < -0.4 is 5.46 Å². The number of esters is 1. The third-order valence-electron chi connectivity index (χ3n) is 2.56. The minimum absolute atomic E-state index is 0.120. The summed E-state index contributed by atoms with van der Waals surface area (Å²) < 4.78 is 4.56. The summed E-state index contributed by atoms with van der Waals surface area (Å²) in [7, 11) is -0.327. The van der Waals surface area contributed by atoms with E-state index in [4.69, 9.17) is 10.0 Å². The summed E-state index contributed by atoms with van der Waals surface area (Å²) in [6.45, 7) is 0. The molecule has 1 fully saturated rings. The molecule has 5 nitrogen and oxygen atoms in total. The van der Waals surface area contributed by atoms with Crippen molar-refractivity contribution in [3.63, 3.8) is 0 Å². The van der Waals surface area contributed by atoms with E-state index in [0.717, 1.165) is 18.5 Å². The second-order valence-electron chi connectivity index (χ2n) is 3.85. The van der Waals surface area contributed by atoms with E-state index in [9.17, 15) is 4.79 Å². The van der Waals surface area contributed by atoms with Gasteiger partial charge >= 0.3 is 13.1 Å². The molecule has 6 heteroatoms. The third kappa shape index (κ3) is 2.23. The van der Waals surface area contributed by atoms with Gasteiger partial charge in [-0.3, -0.25) is 0 Å². The molecular formula is C10H12BNO4. The van der Waals surface area contributed by atoms with Crippen molar-refractivity contribution in [3.05, 3.63) is 23.5 Å². The second kappa shape index (κ2) is 4.23. The number of pyridine rings is 1. The molecule has 0 aromatic carbocycles. The lowest BCUT2D eigenvalue weighted by molar-refractivity contribution is 0.0594. The molecular weight excluding hydrogens is 209 g/mol. The summed E-state index contributed by atoms with van der Waals surface area (Å²) in [6, 6.07) is 2.96. The number of methoxy groups -OCH3 is 1. The van der Waals surface area contributed by atoms with Crippen molar-refractivity contribution < 1.29 is 19.6 Å². The predicted octanol–water partition coefficient (Wildman–Crippen LogP) is -0.575. The molecule has 1 heterocycles. The Hall–Kier alpha value is -1.40. The number of ether oxygens (including phenoxy) is 1. The first-order chi connectivity index (χ1) is 7.61. The van der Waals surface area contributed by atoms with Crippen LogP contribution in [0, 0.1) is 0 Å². The number of carbonyl (C=O) groups excluding carboxylic acids is 1. The number of hydrogen-bond donors (Lipinski definition) is 2. The normalized spacial score (nSPS) is 14.7. The van der Waals surface area contributed by atoms with Crippen molar-refractivity contribution in [2.75, 3.05) is 7.11 Å². The van der Waals surface area contributed by atoms with Crippen LogP contribution >= 0.6 is 0 Å². The highest BCUT2D eigenvalue weighted by atomic mass is 16.5. The van der Waals surface area contributed by atoms with Crippen LogP contribution in [-0.2, 0) is 4.74 Å². The van der Waals surface area contributed by atoms with Gasteiger partial charge in [0.15, 0.2) is 0 Å². The Morgan fingerprint density at radius 1 is 1.50 bits per heavy atom. The van der Waals surface area contributed by atoms with E-state index in [0.29, 0.717) is 5.92 Å². The average Bonchev–Trinajstić information content (AvgIpc) is 3.11. The summed E-state index contributed by atoms with van der Waals surface area (Å²) in [6.07, 6.45) is 2.05. The van der Waals surface area contributed by atoms with E-state index in [-0.39, 0.29) is 11.2 Å². The van der Waals surface area contributed by atoms with Crippen LogP contribution in [0.3, 0.4) is 0 Å². The Bertz CT molecular complexity index is 397. The highest BCUT2D eigenvalue weighted by Crippen LogP contribution is 2.38. The lowest BCUT2D eigenvalue weighted by Crippen LogP contribution is -2.31. The topological polar surface area (TPSA) is 79.7 Å². The number of hydrogen-bond acceptors (Lipinski definition) is 5. The minimum Gasteiger partial charge on any atom is -0.464 e.